The number of nitriles is 1. The lowest BCUT2D eigenvalue weighted by Crippen LogP contribution is -2.15. The van der Waals surface area contributed by atoms with Gasteiger partial charge >= 0.3 is 0 Å². The lowest BCUT2D eigenvalue weighted by atomic mass is 10.1. The third kappa shape index (κ3) is 4.83. The van der Waals surface area contributed by atoms with E-state index in [-0.39, 0.29) is 0 Å². The quantitative estimate of drug-likeness (QED) is 0.542. The average Bonchev–Trinajstić information content (AvgIpc) is 3.05. The normalized spacial score (nSPS) is 11.0. The first-order valence-corrected chi connectivity index (χ1v) is 9.25. The third-order valence-electron chi connectivity index (χ3n) is 4.31. The maximum Gasteiger partial charge on any atom is 0.158 e. The van der Waals surface area contributed by atoms with E-state index in [1.54, 1.807) is 6.20 Å². The molecule has 0 amide bonds. The molecule has 140 valence electrons. The standard InChI is InChI=1S/C21H25N5O/c1-25(2)14-6-16-27-18-10-8-17(9-11-18)20-19-7-5-13-23-21(19)26(24-20)15-4-3-12-22/h5,7-11,13H,3-4,6,14-16H2,1-2H3. The van der Waals surface area contributed by atoms with Gasteiger partial charge in [-0.2, -0.15) is 10.4 Å². The van der Waals surface area contributed by atoms with E-state index in [4.69, 9.17) is 15.1 Å². The lowest BCUT2D eigenvalue weighted by molar-refractivity contribution is 0.281. The zero-order chi connectivity index (χ0) is 19.1. The number of unbranched alkanes of at least 4 members (excludes halogenated alkanes) is 1. The number of hydrogen-bond acceptors (Lipinski definition) is 5. The summed E-state index contributed by atoms with van der Waals surface area (Å²) in [5.41, 5.74) is 2.80. The smallest absolute Gasteiger partial charge is 0.158 e. The van der Waals surface area contributed by atoms with E-state index in [9.17, 15) is 0 Å². The molecular formula is C21H25N5O. The molecule has 0 fully saturated rings. The highest BCUT2D eigenvalue weighted by molar-refractivity contribution is 5.91. The highest BCUT2D eigenvalue weighted by Crippen LogP contribution is 2.28. The molecule has 3 rings (SSSR count). The maximum absolute atomic E-state index is 8.76. The topological polar surface area (TPSA) is 67.0 Å². The van der Waals surface area contributed by atoms with E-state index in [1.807, 2.05) is 41.1 Å². The number of pyridine rings is 1. The molecule has 0 saturated carbocycles. The van der Waals surface area contributed by atoms with Crippen molar-refractivity contribution in [1.82, 2.24) is 19.7 Å². The molecule has 0 saturated heterocycles. The molecule has 27 heavy (non-hydrogen) atoms. The second-order valence-corrected chi connectivity index (χ2v) is 6.74. The van der Waals surface area contributed by atoms with E-state index in [0.717, 1.165) is 47.4 Å². The predicted octanol–water partition coefficient (Wildman–Crippen LogP) is 3.73. The third-order valence-corrected chi connectivity index (χ3v) is 4.31. The van der Waals surface area contributed by atoms with Crippen LogP contribution in [0.2, 0.25) is 0 Å². The zero-order valence-electron chi connectivity index (χ0n) is 15.9. The van der Waals surface area contributed by atoms with Crippen molar-refractivity contribution < 1.29 is 4.74 Å². The number of rotatable bonds is 9. The second-order valence-electron chi connectivity index (χ2n) is 6.74. The van der Waals surface area contributed by atoms with Crippen LogP contribution in [0.15, 0.2) is 42.6 Å². The van der Waals surface area contributed by atoms with Crippen LogP contribution in [-0.4, -0.2) is 46.9 Å². The molecule has 0 atom stereocenters. The number of hydrogen-bond donors (Lipinski definition) is 0. The molecule has 0 radical (unpaired) electrons. The van der Waals surface area contributed by atoms with Gasteiger partial charge in [0.25, 0.3) is 0 Å². The minimum atomic E-state index is 0.517. The van der Waals surface area contributed by atoms with E-state index in [1.165, 1.54) is 0 Å². The Balaban J connectivity index is 1.76. The van der Waals surface area contributed by atoms with Crippen molar-refractivity contribution in [3.63, 3.8) is 0 Å². The molecule has 0 aliphatic carbocycles. The molecule has 0 N–H and O–H groups in total. The summed E-state index contributed by atoms with van der Waals surface area (Å²) in [6, 6.07) is 14.2. The number of benzene rings is 1. The van der Waals surface area contributed by atoms with Gasteiger partial charge in [0.15, 0.2) is 5.65 Å². The fraction of sp³-hybridized carbons (Fsp3) is 0.381. The number of aryl methyl sites for hydroxylation is 1. The molecule has 1 aromatic carbocycles. The Hall–Kier alpha value is -2.91. The fourth-order valence-electron chi connectivity index (χ4n) is 2.97. The summed E-state index contributed by atoms with van der Waals surface area (Å²) < 4.78 is 7.71. The van der Waals surface area contributed by atoms with Crippen LogP contribution in [0.5, 0.6) is 5.75 Å². The number of ether oxygens (including phenoxy) is 1. The van der Waals surface area contributed by atoms with Gasteiger partial charge in [0, 0.05) is 36.7 Å². The van der Waals surface area contributed by atoms with Gasteiger partial charge in [-0.05, 0) is 63.3 Å². The summed E-state index contributed by atoms with van der Waals surface area (Å²) in [5, 5.41) is 14.5. The van der Waals surface area contributed by atoms with Crippen LogP contribution in [-0.2, 0) is 6.54 Å². The van der Waals surface area contributed by atoms with Crippen molar-refractivity contribution in [1.29, 1.82) is 5.26 Å². The van der Waals surface area contributed by atoms with Crippen LogP contribution in [0, 0.1) is 11.3 Å². The molecule has 0 aliphatic heterocycles. The van der Waals surface area contributed by atoms with E-state index in [2.05, 4.69) is 30.0 Å². The summed E-state index contributed by atoms with van der Waals surface area (Å²) in [4.78, 5) is 6.63. The number of fused-ring (bicyclic) bond motifs is 1. The fourth-order valence-corrected chi connectivity index (χ4v) is 2.97. The SMILES string of the molecule is CN(C)CCCOc1ccc(-c2nn(CCCC#N)c3ncccc23)cc1. The van der Waals surface area contributed by atoms with E-state index >= 15 is 0 Å². The van der Waals surface area contributed by atoms with Crippen LogP contribution in [0.1, 0.15) is 19.3 Å². The predicted molar refractivity (Wildman–Crippen MR) is 106 cm³/mol. The monoisotopic (exact) mass is 363 g/mol. The van der Waals surface area contributed by atoms with Crippen LogP contribution < -0.4 is 4.74 Å². The Labute approximate surface area is 160 Å². The van der Waals surface area contributed by atoms with Crippen LogP contribution in [0.3, 0.4) is 0 Å². The summed E-state index contributed by atoms with van der Waals surface area (Å²) in [5.74, 6) is 0.869. The van der Waals surface area contributed by atoms with Crippen LogP contribution in [0.25, 0.3) is 22.3 Å². The van der Waals surface area contributed by atoms with E-state index < -0.39 is 0 Å². The largest absolute Gasteiger partial charge is 0.494 e. The Kier molecular flexibility index (Phi) is 6.39. The first-order valence-electron chi connectivity index (χ1n) is 9.25. The Morgan fingerprint density at radius 3 is 2.70 bits per heavy atom. The maximum atomic E-state index is 8.76. The lowest BCUT2D eigenvalue weighted by Gasteiger charge is -2.10. The first kappa shape index (κ1) is 18.9. The number of nitrogens with zero attached hydrogens (tertiary/aromatic N) is 5. The molecule has 0 bridgehead atoms. The minimum absolute atomic E-state index is 0.517. The Bertz CT molecular complexity index is 908. The molecule has 2 heterocycles. The molecule has 3 aromatic rings. The summed E-state index contributed by atoms with van der Waals surface area (Å²) in [6.45, 7) is 2.41. The average molecular weight is 363 g/mol. The first-order chi connectivity index (χ1) is 13.2. The molecular weight excluding hydrogens is 338 g/mol. The highest BCUT2D eigenvalue weighted by Gasteiger charge is 2.13. The molecule has 6 nitrogen and oxygen atoms in total. The summed E-state index contributed by atoms with van der Waals surface area (Å²) >= 11 is 0. The van der Waals surface area contributed by atoms with Crippen LogP contribution in [0.4, 0.5) is 0 Å². The van der Waals surface area contributed by atoms with Crippen molar-refractivity contribution in [2.45, 2.75) is 25.8 Å². The van der Waals surface area contributed by atoms with Crippen molar-refractivity contribution >= 4 is 11.0 Å². The van der Waals surface area contributed by atoms with Gasteiger partial charge in [0.05, 0.1) is 12.7 Å². The molecule has 0 unspecified atom stereocenters. The van der Waals surface area contributed by atoms with Gasteiger partial charge in [-0.1, -0.05) is 0 Å². The van der Waals surface area contributed by atoms with Crippen molar-refractivity contribution in [3.05, 3.63) is 42.6 Å². The van der Waals surface area contributed by atoms with Crippen LogP contribution >= 0.6 is 0 Å². The molecule has 0 aliphatic rings. The zero-order valence-corrected chi connectivity index (χ0v) is 15.9. The van der Waals surface area contributed by atoms with Gasteiger partial charge in [-0.25, -0.2) is 9.67 Å². The van der Waals surface area contributed by atoms with Crippen molar-refractivity contribution in [3.8, 4) is 23.1 Å². The van der Waals surface area contributed by atoms with E-state index in [0.29, 0.717) is 19.6 Å². The van der Waals surface area contributed by atoms with Gasteiger partial charge in [0.2, 0.25) is 0 Å². The molecule has 6 heteroatoms. The Morgan fingerprint density at radius 1 is 1.15 bits per heavy atom. The van der Waals surface area contributed by atoms with Gasteiger partial charge in [-0.15, -0.1) is 0 Å². The van der Waals surface area contributed by atoms with Crippen molar-refractivity contribution in [2.75, 3.05) is 27.2 Å². The summed E-state index contributed by atoms with van der Waals surface area (Å²) in [6.07, 6.45) is 4.06. The minimum Gasteiger partial charge on any atom is -0.494 e. The van der Waals surface area contributed by atoms with Crippen molar-refractivity contribution in [2.24, 2.45) is 0 Å². The summed E-state index contributed by atoms with van der Waals surface area (Å²) in [7, 11) is 4.13. The molecule has 0 spiro atoms. The Morgan fingerprint density at radius 2 is 1.96 bits per heavy atom. The van der Waals surface area contributed by atoms with Gasteiger partial charge in [0.1, 0.15) is 11.4 Å². The molecule has 2 aromatic heterocycles. The van der Waals surface area contributed by atoms with Gasteiger partial charge < -0.3 is 9.64 Å². The number of aromatic nitrogens is 3. The van der Waals surface area contributed by atoms with Gasteiger partial charge in [-0.3, -0.25) is 0 Å². The highest BCUT2D eigenvalue weighted by atomic mass is 16.5. The second kappa shape index (κ2) is 9.15.